The summed E-state index contributed by atoms with van der Waals surface area (Å²) in [5.74, 6) is 0.189. The number of pyridine rings is 1. The number of hydrogen-bond acceptors (Lipinski definition) is 5. The van der Waals surface area contributed by atoms with Crippen molar-refractivity contribution in [3.05, 3.63) is 64.3 Å². The quantitative estimate of drug-likeness (QED) is 0.682. The predicted octanol–water partition coefficient (Wildman–Crippen LogP) is 2.74. The minimum atomic E-state index is -0.671. The van der Waals surface area contributed by atoms with Crippen molar-refractivity contribution in [1.29, 1.82) is 0 Å². The lowest BCUT2D eigenvalue weighted by Crippen LogP contribution is -2.14. The second kappa shape index (κ2) is 6.28. The molecule has 0 aliphatic heterocycles. The number of benzene rings is 1. The third-order valence-electron chi connectivity index (χ3n) is 2.40. The Bertz CT molecular complexity index is 599. The number of ether oxygens (including phenoxy) is 1. The Morgan fingerprint density at radius 2 is 2.00 bits per heavy atom. The first-order valence-corrected chi connectivity index (χ1v) is 5.73. The molecule has 0 aliphatic rings. The lowest BCUT2D eigenvalue weighted by molar-refractivity contribution is -0.385. The fourth-order valence-electron chi connectivity index (χ4n) is 1.43. The van der Waals surface area contributed by atoms with Gasteiger partial charge in [0.1, 0.15) is 18.6 Å². The summed E-state index contributed by atoms with van der Waals surface area (Å²) in [6.07, 6.45) is 0.391. The Morgan fingerprint density at radius 3 is 2.60 bits per heavy atom. The number of hydrogen-bond donors (Lipinski definition) is 1. The molecule has 1 heterocycles. The summed E-state index contributed by atoms with van der Waals surface area (Å²) in [4.78, 5) is 25.1. The number of amides is 1. The Balaban J connectivity index is 1.86. The van der Waals surface area contributed by atoms with Crippen molar-refractivity contribution >= 4 is 17.6 Å². The van der Waals surface area contributed by atoms with Gasteiger partial charge >= 0.3 is 6.09 Å². The topological polar surface area (TPSA) is 94.4 Å². The Labute approximate surface area is 114 Å². The molecule has 0 atom stereocenters. The van der Waals surface area contributed by atoms with Crippen LogP contribution >= 0.6 is 0 Å². The van der Waals surface area contributed by atoms with Gasteiger partial charge in [0.2, 0.25) is 0 Å². The van der Waals surface area contributed by atoms with Gasteiger partial charge < -0.3 is 4.74 Å². The highest BCUT2D eigenvalue weighted by Gasteiger charge is 2.08. The number of nitro groups is 1. The van der Waals surface area contributed by atoms with Gasteiger partial charge in [-0.15, -0.1) is 0 Å². The highest BCUT2D eigenvalue weighted by molar-refractivity contribution is 5.83. The van der Waals surface area contributed by atoms with Crippen LogP contribution in [-0.4, -0.2) is 16.0 Å². The SMILES string of the molecule is O=C(Nc1ccc([N+](=O)[O-])cn1)OCc1ccccc1. The second-order valence-electron chi connectivity index (χ2n) is 3.85. The van der Waals surface area contributed by atoms with E-state index in [9.17, 15) is 14.9 Å². The monoisotopic (exact) mass is 273 g/mol. The van der Waals surface area contributed by atoms with E-state index >= 15 is 0 Å². The summed E-state index contributed by atoms with van der Waals surface area (Å²) in [5, 5.41) is 12.8. The normalized spacial score (nSPS) is 9.80. The Hall–Kier alpha value is -2.96. The van der Waals surface area contributed by atoms with Gasteiger partial charge in [-0.1, -0.05) is 30.3 Å². The van der Waals surface area contributed by atoms with Gasteiger partial charge in [-0.3, -0.25) is 15.4 Å². The summed E-state index contributed by atoms with van der Waals surface area (Å²) in [5.41, 5.74) is 0.715. The number of carbonyl (C=O) groups excluding carboxylic acids is 1. The maximum atomic E-state index is 11.5. The molecule has 7 nitrogen and oxygen atoms in total. The maximum Gasteiger partial charge on any atom is 0.413 e. The molecule has 0 spiro atoms. The van der Waals surface area contributed by atoms with Crippen LogP contribution < -0.4 is 5.32 Å². The van der Waals surface area contributed by atoms with Crippen molar-refractivity contribution in [2.75, 3.05) is 5.32 Å². The molecule has 102 valence electrons. The van der Waals surface area contributed by atoms with Crippen LogP contribution in [0.1, 0.15) is 5.56 Å². The maximum absolute atomic E-state index is 11.5. The molecular formula is C13H11N3O4. The van der Waals surface area contributed by atoms with E-state index in [0.717, 1.165) is 11.8 Å². The van der Waals surface area contributed by atoms with E-state index in [-0.39, 0.29) is 18.1 Å². The number of rotatable bonds is 4. The molecule has 0 unspecified atom stereocenters. The summed E-state index contributed by atoms with van der Waals surface area (Å²) >= 11 is 0. The molecule has 7 heteroatoms. The standard InChI is InChI=1S/C13H11N3O4/c17-13(20-9-10-4-2-1-3-5-10)15-12-7-6-11(8-14-12)16(18)19/h1-8H,9H2,(H,14,15,17). The van der Waals surface area contributed by atoms with Crippen molar-refractivity contribution in [3.63, 3.8) is 0 Å². The summed E-state index contributed by atoms with van der Waals surface area (Å²) in [7, 11) is 0. The van der Waals surface area contributed by atoms with Gasteiger partial charge in [-0.05, 0) is 11.6 Å². The number of nitrogens with one attached hydrogen (secondary N) is 1. The molecule has 0 saturated heterocycles. The number of aromatic nitrogens is 1. The lowest BCUT2D eigenvalue weighted by Gasteiger charge is -2.06. The van der Waals surface area contributed by atoms with Gasteiger partial charge in [0, 0.05) is 6.07 Å². The molecule has 1 amide bonds. The largest absolute Gasteiger partial charge is 0.444 e. The third kappa shape index (κ3) is 3.77. The molecule has 0 radical (unpaired) electrons. The molecular weight excluding hydrogens is 262 g/mol. The minimum absolute atomic E-state index is 0.139. The average Bonchev–Trinajstić information content (AvgIpc) is 2.47. The smallest absolute Gasteiger partial charge is 0.413 e. The molecule has 0 saturated carbocycles. The van der Waals surface area contributed by atoms with Crippen molar-refractivity contribution in [2.24, 2.45) is 0 Å². The van der Waals surface area contributed by atoms with Crippen molar-refractivity contribution < 1.29 is 14.5 Å². The van der Waals surface area contributed by atoms with E-state index < -0.39 is 11.0 Å². The molecule has 0 fully saturated rings. The van der Waals surface area contributed by atoms with E-state index in [1.807, 2.05) is 30.3 Å². The predicted molar refractivity (Wildman–Crippen MR) is 71.1 cm³/mol. The van der Waals surface area contributed by atoms with Gasteiger partial charge in [0.15, 0.2) is 0 Å². The second-order valence-corrected chi connectivity index (χ2v) is 3.85. The molecule has 1 N–H and O–H groups in total. The number of anilines is 1. The van der Waals surface area contributed by atoms with Crippen LogP contribution in [0.4, 0.5) is 16.3 Å². The number of carbonyl (C=O) groups is 1. The molecule has 0 aliphatic carbocycles. The van der Waals surface area contributed by atoms with E-state index in [1.54, 1.807) is 0 Å². The minimum Gasteiger partial charge on any atom is -0.444 e. The van der Waals surface area contributed by atoms with Crippen LogP contribution in [0, 0.1) is 10.1 Å². The summed E-state index contributed by atoms with van der Waals surface area (Å²) < 4.78 is 4.99. The van der Waals surface area contributed by atoms with E-state index in [2.05, 4.69) is 10.3 Å². The van der Waals surface area contributed by atoms with Gasteiger partial charge in [-0.25, -0.2) is 9.78 Å². The highest BCUT2D eigenvalue weighted by Crippen LogP contribution is 2.12. The molecule has 1 aromatic carbocycles. The van der Waals surface area contributed by atoms with Crippen LogP contribution in [0.25, 0.3) is 0 Å². The molecule has 1 aromatic heterocycles. The summed E-state index contributed by atoms with van der Waals surface area (Å²) in [6.45, 7) is 0.139. The number of nitrogens with zero attached hydrogens (tertiary/aromatic N) is 2. The molecule has 2 rings (SSSR count). The fourth-order valence-corrected chi connectivity index (χ4v) is 1.43. The van der Waals surface area contributed by atoms with Crippen LogP contribution in [0.15, 0.2) is 48.7 Å². The van der Waals surface area contributed by atoms with E-state index in [4.69, 9.17) is 4.74 Å². The van der Waals surface area contributed by atoms with Crippen LogP contribution in [0.2, 0.25) is 0 Å². The zero-order chi connectivity index (χ0) is 14.4. The first-order chi connectivity index (χ1) is 9.65. The zero-order valence-electron chi connectivity index (χ0n) is 10.4. The molecule has 2 aromatic rings. The van der Waals surface area contributed by atoms with E-state index in [0.29, 0.717) is 0 Å². The third-order valence-corrected chi connectivity index (χ3v) is 2.40. The van der Waals surface area contributed by atoms with Crippen molar-refractivity contribution in [2.45, 2.75) is 6.61 Å². The van der Waals surface area contributed by atoms with Gasteiger partial charge in [0.25, 0.3) is 5.69 Å². The van der Waals surface area contributed by atoms with Crippen LogP contribution in [0.3, 0.4) is 0 Å². The summed E-state index contributed by atoms with van der Waals surface area (Å²) in [6, 6.07) is 11.8. The van der Waals surface area contributed by atoms with Crippen LogP contribution in [-0.2, 0) is 11.3 Å². The lowest BCUT2D eigenvalue weighted by atomic mass is 10.2. The van der Waals surface area contributed by atoms with Gasteiger partial charge in [-0.2, -0.15) is 0 Å². The Kier molecular flexibility index (Phi) is 4.23. The first kappa shape index (κ1) is 13.5. The first-order valence-electron chi connectivity index (χ1n) is 5.73. The average molecular weight is 273 g/mol. The highest BCUT2D eigenvalue weighted by atomic mass is 16.6. The molecule has 0 bridgehead atoms. The van der Waals surface area contributed by atoms with Gasteiger partial charge in [0.05, 0.1) is 4.92 Å². The zero-order valence-corrected chi connectivity index (χ0v) is 10.4. The van der Waals surface area contributed by atoms with Crippen molar-refractivity contribution in [3.8, 4) is 0 Å². The fraction of sp³-hybridized carbons (Fsp3) is 0.0769. The Morgan fingerprint density at radius 1 is 1.25 bits per heavy atom. The van der Waals surface area contributed by atoms with Crippen LogP contribution in [0.5, 0.6) is 0 Å². The van der Waals surface area contributed by atoms with E-state index in [1.165, 1.54) is 12.1 Å². The molecule has 20 heavy (non-hydrogen) atoms. The van der Waals surface area contributed by atoms with Crippen molar-refractivity contribution in [1.82, 2.24) is 4.98 Å².